The zero-order valence-corrected chi connectivity index (χ0v) is 20.2. The molecule has 3 aromatic rings. The van der Waals surface area contributed by atoms with Gasteiger partial charge in [0.05, 0.1) is 0 Å². The van der Waals surface area contributed by atoms with E-state index in [1.807, 2.05) is 44.2 Å². The highest BCUT2D eigenvalue weighted by molar-refractivity contribution is 5.40. The van der Waals surface area contributed by atoms with E-state index in [9.17, 15) is 10.2 Å². The molecule has 3 rings (SSSR count). The van der Waals surface area contributed by atoms with Crippen LogP contribution in [0.25, 0.3) is 0 Å². The van der Waals surface area contributed by atoms with Crippen LogP contribution in [0.1, 0.15) is 63.8 Å². The molecule has 3 N–H and O–H groups in total. The van der Waals surface area contributed by atoms with E-state index < -0.39 is 0 Å². The van der Waals surface area contributed by atoms with Gasteiger partial charge in [-0.3, -0.25) is 0 Å². The predicted octanol–water partition coefficient (Wildman–Crippen LogP) is 7.39. The van der Waals surface area contributed by atoms with Crippen LogP contribution in [0.15, 0.2) is 66.7 Å². The number of aromatic hydroxyl groups is 3. The molecule has 0 fully saturated rings. The van der Waals surface area contributed by atoms with Gasteiger partial charge >= 0.3 is 0 Å². The van der Waals surface area contributed by atoms with Gasteiger partial charge in [0.1, 0.15) is 17.2 Å². The molecule has 0 amide bonds. The van der Waals surface area contributed by atoms with Crippen molar-refractivity contribution in [2.45, 2.75) is 66.2 Å². The molecular weight excluding hydrogens is 384 g/mol. The maximum atomic E-state index is 9.57. The first kappa shape index (κ1) is 26.1. The Morgan fingerprint density at radius 2 is 0.871 bits per heavy atom. The molecule has 0 saturated carbocycles. The maximum Gasteiger partial charge on any atom is 0.119 e. The molecule has 3 aromatic carbocycles. The van der Waals surface area contributed by atoms with E-state index >= 15 is 0 Å². The smallest absolute Gasteiger partial charge is 0.119 e. The molecule has 31 heavy (non-hydrogen) atoms. The van der Waals surface area contributed by atoms with Crippen LogP contribution in [-0.4, -0.2) is 15.3 Å². The Kier molecular flexibility index (Phi) is 9.18. The van der Waals surface area contributed by atoms with Crippen LogP contribution in [0.5, 0.6) is 17.2 Å². The van der Waals surface area contributed by atoms with Crippen molar-refractivity contribution in [2.75, 3.05) is 0 Å². The number of para-hydroxylation sites is 1. The van der Waals surface area contributed by atoms with Crippen LogP contribution in [0.4, 0.5) is 0 Å². The van der Waals surface area contributed by atoms with Crippen molar-refractivity contribution in [1.82, 2.24) is 0 Å². The predicted molar refractivity (Wildman–Crippen MR) is 131 cm³/mol. The number of benzene rings is 3. The van der Waals surface area contributed by atoms with E-state index in [-0.39, 0.29) is 10.8 Å². The second-order valence-electron chi connectivity index (χ2n) is 9.88. The Labute approximate surface area is 188 Å². The fourth-order valence-corrected chi connectivity index (χ4v) is 2.93. The summed E-state index contributed by atoms with van der Waals surface area (Å²) in [6.07, 6.45) is 0. The van der Waals surface area contributed by atoms with Crippen molar-refractivity contribution in [2.24, 2.45) is 0 Å². The SMILES string of the molecule is Cc1ccc(O)c(C(C)(C)C)c1.Cc1ccc(O)c(C(C)(C)C)c1.Oc1ccccc1. The highest BCUT2D eigenvalue weighted by atomic mass is 16.3. The molecule has 0 heterocycles. The Morgan fingerprint density at radius 3 is 1.10 bits per heavy atom. The third-order valence-corrected chi connectivity index (χ3v) is 4.68. The summed E-state index contributed by atoms with van der Waals surface area (Å²) in [6, 6.07) is 20.1. The summed E-state index contributed by atoms with van der Waals surface area (Å²) in [5, 5.41) is 27.8. The highest BCUT2D eigenvalue weighted by Crippen LogP contribution is 2.31. The first-order valence-corrected chi connectivity index (χ1v) is 10.6. The van der Waals surface area contributed by atoms with Crippen LogP contribution < -0.4 is 0 Å². The van der Waals surface area contributed by atoms with Gasteiger partial charge in [-0.15, -0.1) is 0 Å². The zero-order chi connectivity index (χ0) is 23.8. The monoisotopic (exact) mass is 422 g/mol. The van der Waals surface area contributed by atoms with Gasteiger partial charge in [0, 0.05) is 0 Å². The average Bonchev–Trinajstić information content (AvgIpc) is 2.66. The van der Waals surface area contributed by atoms with Gasteiger partial charge in [-0.05, 0) is 60.1 Å². The van der Waals surface area contributed by atoms with Gasteiger partial charge in [0.2, 0.25) is 0 Å². The molecule has 0 atom stereocenters. The molecule has 0 aromatic heterocycles. The standard InChI is InChI=1S/2C11H16O.C6H6O/c2*1-8-5-6-10(12)9(7-8)11(2,3)4;7-6-4-2-1-3-5-6/h2*5-7,12H,1-4H3;1-5,7H. The third kappa shape index (κ3) is 9.17. The molecule has 0 aliphatic carbocycles. The minimum Gasteiger partial charge on any atom is -0.508 e. The fourth-order valence-electron chi connectivity index (χ4n) is 2.93. The fraction of sp³-hybridized carbons (Fsp3) is 0.357. The molecule has 0 aliphatic rings. The van der Waals surface area contributed by atoms with E-state index in [0.29, 0.717) is 17.2 Å². The molecule has 0 unspecified atom stereocenters. The highest BCUT2D eigenvalue weighted by Gasteiger charge is 2.18. The van der Waals surface area contributed by atoms with Crippen LogP contribution in [0.2, 0.25) is 0 Å². The first-order valence-electron chi connectivity index (χ1n) is 10.6. The number of phenols is 3. The lowest BCUT2D eigenvalue weighted by atomic mass is 9.85. The van der Waals surface area contributed by atoms with Crippen LogP contribution >= 0.6 is 0 Å². The summed E-state index contributed by atoms with van der Waals surface area (Å²) in [7, 11) is 0. The van der Waals surface area contributed by atoms with E-state index in [0.717, 1.165) is 11.1 Å². The van der Waals surface area contributed by atoms with Crippen LogP contribution in [0, 0.1) is 13.8 Å². The number of hydrogen-bond acceptors (Lipinski definition) is 3. The molecule has 0 aliphatic heterocycles. The van der Waals surface area contributed by atoms with Crippen molar-refractivity contribution in [3.8, 4) is 17.2 Å². The van der Waals surface area contributed by atoms with E-state index in [1.54, 1.807) is 36.4 Å². The van der Waals surface area contributed by atoms with Crippen molar-refractivity contribution in [3.05, 3.63) is 89.0 Å². The van der Waals surface area contributed by atoms with Gasteiger partial charge < -0.3 is 15.3 Å². The van der Waals surface area contributed by atoms with E-state index in [1.165, 1.54) is 11.1 Å². The maximum absolute atomic E-state index is 9.57. The molecule has 0 spiro atoms. The van der Waals surface area contributed by atoms with Gasteiger partial charge in [-0.1, -0.05) is 95.1 Å². The van der Waals surface area contributed by atoms with Gasteiger partial charge in [-0.2, -0.15) is 0 Å². The second-order valence-corrected chi connectivity index (χ2v) is 9.88. The topological polar surface area (TPSA) is 60.7 Å². The summed E-state index contributed by atoms with van der Waals surface area (Å²) in [6.45, 7) is 16.7. The third-order valence-electron chi connectivity index (χ3n) is 4.68. The van der Waals surface area contributed by atoms with Crippen molar-refractivity contribution >= 4 is 0 Å². The van der Waals surface area contributed by atoms with E-state index in [4.69, 9.17) is 5.11 Å². The van der Waals surface area contributed by atoms with Crippen molar-refractivity contribution in [3.63, 3.8) is 0 Å². The molecule has 3 heteroatoms. The van der Waals surface area contributed by atoms with Crippen LogP contribution in [-0.2, 0) is 10.8 Å². The Balaban J connectivity index is 0.000000241. The first-order chi connectivity index (χ1) is 14.2. The molecule has 168 valence electrons. The Hall–Kier alpha value is -2.94. The van der Waals surface area contributed by atoms with Gasteiger partial charge in [0.15, 0.2) is 0 Å². The minimum atomic E-state index is 0.0239. The van der Waals surface area contributed by atoms with Crippen molar-refractivity contribution in [1.29, 1.82) is 0 Å². The average molecular weight is 423 g/mol. The summed E-state index contributed by atoms with van der Waals surface area (Å²) in [5.74, 6) is 1.11. The summed E-state index contributed by atoms with van der Waals surface area (Å²) in [4.78, 5) is 0. The number of phenolic OH excluding ortho intramolecular Hbond substituents is 3. The number of hydrogen-bond donors (Lipinski definition) is 3. The van der Waals surface area contributed by atoms with Gasteiger partial charge in [-0.25, -0.2) is 0 Å². The normalized spacial score (nSPS) is 11.0. The Bertz CT molecular complexity index is 885. The zero-order valence-electron chi connectivity index (χ0n) is 20.2. The van der Waals surface area contributed by atoms with Crippen molar-refractivity contribution < 1.29 is 15.3 Å². The number of rotatable bonds is 0. The lowest BCUT2D eigenvalue weighted by molar-refractivity contribution is 0.445. The minimum absolute atomic E-state index is 0.0239. The summed E-state index contributed by atoms with van der Waals surface area (Å²) < 4.78 is 0. The van der Waals surface area contributed by atoms with E-state index in [2.05, 4.69) is 41.5 Å². The largest absolute Gasteiger partial charge is 0.508 e. The van der Waals surface area contributed by atoms with Crippen LogP contribution in [0.3, 0.4) is 0 Å². The summed E-state index contributed by atoms with van der Waals surface area (Å²) >= 11 is 0. The molecular formula is C28H38O3. The molecule has 0 radical (unpaired) electrons. The summed E-state index contributed by atoms with van der Waals surface area (Å²) in [5.41, 5.74) is 4.46. The molecule has 3 nitrogen and oxygen atoms in total. The second kappa shape index (κ2) is 10.9. The lowest BCUT2D eigenvalue weighted by Gasteiger charge is -2.20. The molecule has 0 saturated heterocycles. The molecule has 0 bridgehead atoms. The number of aryl methyl sites for hydroxylation is 2. The Morgan fingerprint density at radius 1 is 0.516 bits per heavy atom. The quantitative estimate of drug-likeness (QED) is 0.354. The van der Waals surface area contributed by atoms with Gasteiger partial charge in [0.25, 0.3) is 0 Å². The lowest BCUT2D eigenvalue weighted by Crippen LogP contribution is -2.11.